The van der Waals surface area contributed by atoms with Crippen molar-refractivity contribution in [3.8, 4) is 5.75 Å². The van der Waals surface area contributed by atoms with Gasteiger partial charge in [-0.25, -0.2) is 0 Å². The third-order valence-corrected chi connectivity index (χ3v) is 2.47. The quantitative estimate of drug-likeness (QED) is 0.638. The summed E-state index contributed by atoms with van der Waals surface area (Å²) in [4.78, 5) is 0.463. The molecule has 0 bridgehead atoms. The van der Waals surface area contributed by atoms with Gasteiger partial charge in [-0.05, 0) is 43.5 Å². The standard InChI is InChI=1S/C12H14F3NOS/c13-12(14,15)9-4-6-10(7-5-9)17-8-2-1-3-11(16)18/h4-7H,1-3,8H2,(H2,16,18). The van der Waals surface area contributed by atoms with Crippen molar-refractivity contribution >= 4 is 17.2 Å². The van der Waals surface area contributed by atoms with Crippen LogP contribution >= 0.6 is 12.2 Å². The average Bonchev–Trinajstić information content (AvgIpc) is 2.27. The lowest BCUT2D eigenvalue weighted by molar-refractivity contribution is -0.137. The van der Waals surface area contributed by atoms with Gasteiger partial charge in [0.05, 0.1) is 17.2 Å². The van der Waals surface area contributed by atoms with Crippen LogP contribution in [0.25, 0.3) is 0 Å². The first-order chi connectivity index (χ1) is 8.39. The van der Waals surface area contributed by atoms with Crippen LogP contribution < -0.4 is 10.5 Å². The molecule has 0 aliphatic heterocycles. The summed E-state index contributed by atoms with van der Waals surface area (Å²) < 4.78 is 42.2. The summed E-state index contributed by atoms with van der Waals surface area (Å²) in [7, 11) is 0. The molecule has 0 radical (unpaired) electrons. The van der Waals surface area contributed by atoms with Crippen LogP contribution in [-0.4, -0.2) is 11.6 Å². The zero-order chi connectivity index (χ0) is 13.6. The van der Waals surface area contributed by atoms with Crippen molar-refractivity contribution in [2.45, 2.75) is 25.4 Å². The van der Waals surface area contributed by atoms with E-state index in [4.69, 9.17) is 22.7 Å². The molecule has 18 heavy (non-hydrogen) atoms. The summed E-state index contributed by atoms with van der Waals surface area (Å²) in [6.07, 6.45) is -2.07. The van der Waals surface area contributed by atoms with Crippen LogP contribution in [-0.2, 0) is 6.18 Å². The Morgan fingerprint density at radius 1 is 1.17 bits per heavy atom. The van der Waals surface area contributed by atoms with Crippen LogP contribution in [0.5, 0.6) is 5.75 Å². The van der Waals surface area contributed by atoms with E-state index in [-0.39, 0.29) is 0 Å². The second-order valence-electron chi connectivity index (χ2n) is 3.79. The molecule has 0 atom stereocenters. The molecule has 0 aliphatic rings. The maximum atomic E-state index is 12.3. The molecule has 1 rings (SSSR count). The Bertz CT molecular complexity index is 389. The van der Waals surface area contributed by atoms with E-state index in [0.29, 0.717) is 23.8 Å². The van der Waals surface area contributed by atoms with Crippen LogP contribution in [0.4, 0.5) is 13.2 Å². The van der Waals surface area contributed by atoms with Gasteiger partial charge in [-0.1, -0.05) is 12.2 Å². The fourth-order valence-electron chi connectivity index (χ4n) is 1.33. The number of rotatable bonds is 6. The summed E-state index contributed by atoms with van der Waals surface area (Å²) in [5.74, 6) is 0.429. The van der Waals surface area contributed by atoms with Crippen LogP contribution in [0.15, 0.2) is 24.3 Å². The fourth-order valence-corrected chi connectivity index (χ4v) is 1.48. The molecule has 2 N–H and O–H groups in total. The zero-order valence-electron chi connectivity index (χ0n) is 9.67. The van der Waals surface area contributed by atoms with E-state index in [1.54, 1.807) is 0 Å². The van der Waals surface area contributed by atoms with E-state index in [2.05, 4.69) is 0 Å². The molecular weight excluding hydrogens is 263 g/mol. The van der Waals surface area contributed by atoms with Gasteiger partial charge in [0.1, 0.15) is 5.75 Å². The first-order valence-electron chi connectivity index (χ1n) is 5.48. The smallest absolute Gasteiger partial charge is 0.416 e. The van der Waals surface area contributed by atoms with Gasteiger partial charge >= 0.3 is 6.18 Å². The van der Waals surface area contributed by atoms with Crippen molar-refractivity contribution in [3.63, 3.8) is 0 Å². The summed E-state index contributed by atoms with van der Waals surface area (Å²) in [5, 5.41) is 0. The predicted octanol–water partition coefficient (Wildman–Crippen LogP) is 3.54. The number of alkyl halides is 3. The summed E-state index contributed by atoms with van der Waals surface area (Å²) in [6, 6.07) is 4.64. The molecular formula is C12H14F3NOS. The number of hydrogen-bond donors (Lipinski definition) is 1. The molecule has 0 heterocycles. The molecule has 0 aromatic heterocycles. The number of ether oxygens (including phenoxy) is 1. The van der Waals surface area contributed by atoms with Gasteiger partial charge in [-0.3, -0.25) is 0 Å². The molecule has 1 aromatic carbocycles. The fraction of sp³-hybridized carbons (Fsp3) is 0.417. The van der Waals surface area contributed by atoms with Gasteiger partial charge in [0.2, 0.25) is 0 Å². The van der Waals surface area contributed by atoms with Gasteiger partial charge < -0.3 is 10.5 Å². The van der Waals surface area contributed by atoms with E-state index in [1.807, 2.05) is 0 Å². The van der Waals surface area contributed by atoms with Gasteiger partial charge in [0.25, 0.3) is 0 Å². The highest BCUT2D eigenvalue weighted by atomic mass is 32.1. The molecule has 0 aliphatic carbocycles. The first kappa shape index (κ1) is 14.8. The lowest BCUT2D eigenvalue weighted by Gasteiger charge is -2.09. The van der Waals surface area contributed by atoms with E-state index >= 15 is 0 Å². The SMILES string of the molecule is NC(=S)CCCCOc1ccc(C(F)(F)F)cc1. The Morgan fingerprint density at radius 2 is 1.78 bits per heavy atom. The predicted molar refractivity (Wildman–Crippen MR) is 67.6 cm³/mol. The Balaban J connectivity index is 2.33. The highest BCUT2D eigenvalue weighted by Crippen LogP contribution is 2.30. The monoisotopic (exact) mass is 277 g/mol. The van der Waals surface area contributed by atoms with E-state index in [9.17, 15) is 13.2 Å². The van der Waals surface area contributed by atoms with Gasteiger partial charge in [0, 0.05) is 0 Å². The van der Waals surface area contributed by atoms with Crippen molar-refractivity contribution in [1.29, 1.82) is 0 Å². The van der Waals surface area contributed by atoms with Gasteiger partial charge in [0.15, 0.2) is 0 Å². The van der Waals surface area contributed by atoms with E-state index in [0.717, 1.165) is 25.0 Å². The topological polar surface area (TPSA) is 35.2 Å². The Labute approximate surface area is 109 Å². The number of benzene rings is 1. The minimum Gasteiger partial charge on any atom is -0.494 e. The Kier molecular flexibility index (Phi) is 5.40. The molecule has 0 saturated heterocycles. The van der Waals surface area contributed by atoms with Crippen molar-refractivity contribution in [3.05, 3.63) is 29.8 Å². The molecule has 100 valence electrons. The second kappa shape index (κ2) is 6.58. The van der Waals surface area contributed by atoms with Gasteiger partial charge in [-0.2, -0.15) is 13.2 Å². The summed E-state index contributed by atoms with van der Waals surface area (Å²) in [6.45, 7) is 0.438. The van der Waals surface area contributed by atoms with Crippen molar-refractivity contribution in [1.82, 2.24) is 0 Å². The molecule has 1 aromatic rings. The van der Waals surface area contributed by atoms with E-state index < -0.39 is 11.7 Å². The normalized spacial score (nSPS) is 11.3. The number of halogens is 3. The maximum absolute atomic E-state index is 12.3. The van der Waals surface area contributed by atoms with E-state index in [1.165, 1.54) is 12.1 Å². The molecule has 0 spiro atoms. The molecule has 0 saturated carbocycles. The van der Waals surface area contributed by atoms with Crippen LogP contribution in [0, 0.1) is 0 Å². The first-order valence-corrected chi connectivity index (χ1v) is 5.89. The largest absolute Gasteiger partial charge is 0.494 e. The molecule has 0 amide bonds. The maximum Gasteiger partial charge on any atom is 0.416 e. The molecule has 0 fully saturated rings. The minimum atomic E-state index is -4.31. The minimum absolute atomic E-state index is 0.429. The third-order valence-electron chi connectivity index (χ3n) is 2.27. The van der Waals surface area contributed by atoms with Crippen LogP contribution in [0.3, 0.4) is 0 Å². The molecule has 2 nitrogen and oxygen atoms in total. The van der Waals surface area contributed by atoms with Crippen molar-refractivity contribution in [2.24, 2.45) is 5.73 Å². The number of thiocarbonyl (C=S) groups is 1. The second-order valence-corrected chi connectivity index (χ2v) is 4.32. The lowest BCUT2D eigenvalue weighted by Crippen LogP contribution is -2.08. The number of hydrogen-bond acceptors (Lipinski definition) is 2. The van der Waals surface area contributed by atoms with Crippen LogP contribution in [0.2, 0.25) is 0 Å². The zero-order valence-corrected chi connectivity index (χ0v) is 10.5. The summed E-state index contributed by atoms with van der Waals surface area (Å²) in [5.41, 5.74) is 4.65. The third kappa shape index (κ3) is 5.35. The lowest BCUT2D eigenvalue weighted by atomic mass is 10.2. The Morgan fingerprint density at radius 3 is 2.28 bits per heavy atom. The van der Waals surface area contributed by atoms with Crippen molar-refractivity contribution < 1.29 is 17.9 Å². The number of unbranched alkanes of at least 4 members (excludes halogenated alkanes) is 1. The average molecular weight is 277 g/mol. The van der Waals surface area contributed by atoms with Crippen LogP contribution in [0.1, 0.15) is 24.8 Å². The summed E-state index contributed by atoms with van der Waals surface area (Å²) >= 11 is 4.72. The number of nitrogens with two attached hydrogens (primary N) is 1. The van der Waals surface area contributed by atoms with Crippen molar-refractivity contribution in [2.75, 3.05) is 6.61 Å². The molecule has 6 heteroatoms. The highest BCUT2D eigenvalue weighted by molar-refractivity contribution is 7.80. The molecule has 0 unspecified atom stereocenters. The Hall–Kier alpha value is -1.30. The highest BCUT2D eigenvalue weighted by Gasteiger charge is 2.29. The van der Waals surface area contributed by atoms with Gasteiger partial charge in [-0.15, -0.1) is 0 Å².